The van der Waals surface area contributed by atoms with Crippen LogP contribution in [0, 0.1) is 6.92 Å². The first-order valence-corrected chi connectivity index (χ1v) is 13.0. The molecule has 0 unspecified atom stereocenters. The van der Waals surface area contributed by atoms with Crippen LogP contribution in [0.4, 0.5) is 28.4 Å². The molecule has 0 aliphatic rings. The van der Waals surface area contributed by atoms with E-state index in [9.17, 15) is 0 Å². The van der Waals surface area contributed by atoms with E-state index in [4.69, 9.17) is 0 Å². The Labute approximate surface area is 225 Å². The van der Waals surface area contributed by atoms with E-state index in [1.807, 2.05) is 0 Å². The fraction of sp³-hybridized carbons (Fsp3) is 0.0556. The third-order valence-corrected chi connectivity index (χ3v) is 7.13. The molecule has 0 radical (unpaired) electrons. The van der Waals surface area contributed by atoms with Crippen molar-refractivity contribution < 1.29 is 0 Å². The Morgan fingerprint density at radius 3 is 1.84 bits per heavy atom. The molecule has 2 nitrogen and oxygen atoms in total. The fourth-order valence-electron chi connectivity index (χ4n) is 5.06. The summed E-state index contributed by atoms with van der Waals surface area (Å²) in [5.74, 6) is 0. The summed E-state index contributed by atoms with van der Waals surface area (Å²) >= 11 is 0. The molecule has 0 fully saturated rings. The number of rotatable bonds is 6. The summed E-state index contributed by atoms with van der Waals surface area (Å²) in [6.07, 6.45) is 0. The molecule has 0 aromatic heterocycles. The zero-order chi connectivity index (χ0) is 25.9. The van der Waals surface area contributed by atoms with Crippen molar-refractivity contribution in [1.29, 1.82) is 0 Å². The van der Waals surface area contributed by atoms with Crippen molar-refractivity contribution in [3.8, 4) is 11.1 Å². The van der Waals surface area contributed by atoms with E-state index in [2.05, 4.69) is 169 Å². The van der Waals surface area contributed by atoms with Crippen molar-refractivity contribution in [2.75, 3.05) is 16.8 Å². The third kappa shape index (κ3) is 4.65. The Balaban J connectivity index is 1.38. The predicted molar refractivity (Wildman–Crippen MR) is 163 cm³/mol. The van der Waals surface area contributed by atoms with Gasteiger partial charge < -0.3 is 9.80 Å². The molecular formula is C36H30N2. The fourth-order valence-corrected chi connectivity index (χ4v) is 5.06. The van der Waals surface area contributed by atoms with Gasteiger partial charge in [0.2, 0.25) is 0 Å². The SMILES string of the molecule is Cc1ccc(-c2cccc(N(c3ccccc3)c3ccc(N(C)c4cccc5ccccc45)cc3)c2)cc1. The van der Waals surface area contributed by atoms with Gasteiger partial charge in [0.15, 0.2) is 0 Å². The van der Waals surface area contributed by atoms with Crippen LogP contribution >= 0.6 is 0 Å². The van der Waals surface area contributed by atoms with Gasteiger partial charge >= 0.3 is 0 Å². The minimum Gasteiger partial charge on any atom is -0.344 e. The average molecular weight is 491 g/mol. The molecule has 6 aromatic carbocycles. The summed E-state index contributed by atoms with van der Waals surface area (Å²) < 4.78 is 0. The van der Waals surface area contributed by atoms with Gasteiger partial charge in [-0.3, -0.25) is 0 Å². The molecule has 0 spiro atoms. The summed E-state index contributed by atoms with van der Waals surface area (Å²) in [4.78, 5) is 4.58. The minimum absolute atomic E-state index is 1.12. The second-order valence-electron chi connectivity index (χ2n) is 9.66. The molecule has 0 aliphatic carbocycles. The maximum Gasteiger partial charge on any atom is 0.0487 e. The molecule has 0 aliphatic heterocycles. The Morgan fingerprint density at radius 1 is 0.447 bits per heavy atom. The normalized spacial score (nSPS) is 10.9. The average Bonchev–Trinajstić information content (AvgIpc) is 2.98. The molecule has 0 amide bonds. The van der Waals surface area contributed by atoms with Gasteiger partial charge in [-0.2, -0.15) is 0 Å². The van der Waals surface area contributed by atoms with Gasteiger partial charge in [-0.25, -0.2) is 0 Å². The Kier molecular flexibility index (Phi) is 6.37. The second kappa shape index (κ2) is 10.3. The molecule has 0 bridgehead atoms. The number of anilines is 5. The van der Waals surface area contributed by atoms with Gasteiger partial charge in [-0.15, -0.1) is 0 Å². The molecule has 0 N–H and O–H groups in total. The van der Waals surface area contributed by atoms with E-state index >= 15 is 0 Å². The number of fused-ring (bicyclic) bond motifs is 1. The maximum absolute atomic E-state index is 2.32. The Bertz CT molecular complexity index is 1660. The highest BCUT2D eigenvalue weighted by Crippen LogP contribution is 2.38. The lowest BCUT2D eigenvalue weighted by molar-refractivity contribution is 1.21. The van der Waals surface area contributed by atoms with Gasteiger partial charge in [0, 0.05) is 40.9 Å². The van der Waals surface area contributed by atoms with E-state index in [0.29, 0.717) is 0 Å². The van der Waals surface area contributed by atoms with Gasteiger partial charge in [0.25, 0.3) is 0 Å². The van der Waals surface area contributed by atoms with Crippen molar-refractivity contribution in [1.82, 2.24) is 0 Å². The summed E-state index contributed by atoms with van der Waals surface area (Å²) in [6, 6.07) is 51.9. The number of benzene rings is 6. The largest absolute Gasteiger partial charge is 0.344 e. The lowest BCUT2D eigenvalue weighted by atomic mass is 10.0. The van der Waals surface area contributed by atoms with Crippen molar-refractivity contribution >= 4 is 39.2 Å². The molecule has 184 valence electrons. The van der Waals surface area contributed by atoms with Gasteiger partial charge in [-0.1, -0.05) is 96.6 Å². The first-order chi connectivity index (χ1) is 18.7. The standard InChI is InChI=1S/C36H30N2/c1-27-18-20-28(21-19-27)30-12-8-15-34(26-30)38(32-13-4-3-5-14-32)33-24-22-31(23-25-33)37(2)36-17-9-11-29-10-6-7-16-35(29)36/h3-26H,1-2H3. The van der Waals surface area contributed by atoms with Crippen molar-refractivity contribution in [3.05, 3.63) is 151 Å². The molecule has 0 atom stereocenters. The van der Waals surface area contributed by atoms with Crippen LogP contribution in [0.3, 0.4) is 0 Å². The highest BCUT2D eigenvalue weighted by Gasteiger charge is 2.14. The quantitative estimate of drug-likeness (QED) is 0.229. The van der Waals surface area contributed by atoms with Gasteiger partial charge in [0.1, 0.15) is 0 Å². The smallest absolute Gasteiger partial charge is 0.0487 e. The number of hydrogen-bond acceptors (Lipinski definition) is 2. The van der Waals surface area contributed by atoms with Crippen molar-refractivity contribution in [2.24, 2.45) is 0 Å². The van der Waals surface area contributed by atoms with Crippen LogP contribution in [0.5, 0.6) is 0 Å². The van der Waals surface area contributed by atoms with Crippen molar-refractivity contribution in [3.63, 3.8) is 0 Å². The minimum atomic E-state index is 1.12. The number of aryl methyl sites for hydroxylation is 1. The molecular weight excluding hydrogens is 460 g/mol. The number of nitrogens with zero attached hydrogens (tertiary/aromatic N) is 2. The summed E-state index contributed by atoms with van der Waals surface area (Å²) in [5, 5.41) is 2.50. The van der Waals surface area contributed by atoms with Crippen LogP contribution in [-0.4, -0.2) is 7.05 Å². The first kappa shape index (κ1) is 23.6. The molecule has 2 heteroatoms. The molecule has 0 saturated carbocycles. The highest BCUT2D eigenvalue weighted by atomic mass is 15.1. The molecule has 38 heavy (non-hydrogen) atoms. The number of para-hydroxylation sites is 1. The Morgan fingerprint density at radius 2 is 1.05 bits per heavy atom. The van der Waals surface area contributed by atoms with E-state index in [0.717, 1.165) is 22.7 Å². The summed E-state index contributed by atoms with van der Waals surface area (Å²) in [7, 11) is 2.14. The zero-order valence-corrected chi connectivity index (χ0v) is 21.8. The molecule has 6 aromatic rings. The van der Waals surface area contributed by atoms with E-state index in [1.165, 1.54) is 33.2 Å². The van der Waals surface area contributed by atoms with Gasteiger partial charge in [-0.05, 0) is 78.0 Å². The lowest BCUT2D eigenvalue weighted by Gasteiger charge is -2.27. The Hall–Kier alpha value is -4.82. The summed E-state index contributed by atoms with van der Waals surface area (Å²) in [6.45, 7) is 2.12. The zero-order valence-electron chi connectivity index (χ0n) is 21.8. The van der Waals surface area contributed by atoms with Crippen LogP contribution in [0.2, 0.25) is 0 Å². The number of hydrogen-bond donors (Lipinski definition) is 0. The van der Waals surface area contributed by atoms with E-state index < -0.39 is 0 Å². The highest BCUT2D eigenvalue weighted by molar-refractivity contribution is 5.96. The van der Waals surface area contributed by atoms with Crippen LogP contribution in [-0.2, 0) is 0 Å². The van der Waals surface area contributed by atoms with Crippen LogP contribution in [0.1, 0.15) is 5.56 Å². The van der Waals surface area contributed by atoms with Crippen LogP contribution in [0.15, 0.2) is 146 Å². The second-order valence-corrected chi connectivity index (χ2v) is 9.66. The van der Waals surface area contributed by atoms with E-state index in [-0.39, 0.29) is 0 Å². The molecule has 0 saturated heterocycles. The third-order valence-electron chi connectivity index (χ3n) is 7.13. The first-order valence-electron chi connectivity index (χ1n) is 13.0. The predicted octanol–water partition coefficient (Wildman–Crippen LogP) is 10.1. The summed E-state index contributed by atoms with van der Waals surface area (Å²) in [5.41, 5.74) is 9.41. The molecule has 0 heterocycles. The van der Waals surface area contributed by atoms with E-state index in [1.54, 1.807) is 0 Å². The maximum atomic E-state index is 2.32. The van der Waals surface area contributed by atoms with Gasteiger partial charge in [0.05, 0.1) is 0 Å². The lowest BCUT2D eigenvalue weighted by Crippen LogP contribution is -2.12. The van der Waals surface area contributed by atoms with Crippen molar-refractivity contribution in [2.45, 2.75) is 6.92 Å². The van der Waals surface area contributed by atoms with Crippen LogP contribution < -0.4 is 9.80 Å². The topological polar surface area (TPSA) is 6.48 Å². The monoisotopic (exact) mass is 490 g/mol. The molecule has 6 rings (SSSR count). The van der Waals surface area contributed by atoms with Crippen LogP contribution in [0.25, 0.3) is 21.9 Å².